The lowest BCUT2D eigenvalue weighted by molar-refractivity contribution is -0.157. The van der Waals surface area contributed by atoms with Crippen LogP contribution in [0.25, 0.3) is 0 Å². The van der Waals surface area contributed by atoms with Crippen LogP contribution in [0.3, 0.4) is 0 Å². The zero-order valence-electron chi connectivity index (χ0n) is 22.4. The van der Waals surface area contributed by atoms with Crippen LogP contribution in [0.5, 0.6) is 0 Å². The molecule has 0 saturated heterocycles. The second-order valence-electron chi connectivity index (χ2n) is 10.9. The van der Waals surface area contributed by atoms with E-state index >= 15 is 0 Å². The normalized spacial score (nSPS) is 13.6. The summed E-state index contributed by atoms with van der Waals surface area (Å²) in [5.74, 6) is -0.877. The number of carbonyl (C=O) groups is 2. The maximum Gasteiger partial charge on any atom is 0.307 e. The van der Waals surface area contributed by atoms with E-state index in [4.69, 9.17) is 16.3 Å². The van der Waals surface area contributed by atoms with Crippen molar-refractivity contribution in [2.75, 3.05) is 0 Å². The van der Waals surface area contributed by atoms with Crippen molar-refractivity contribution in [2.24, 2.45) is 5.41 Å². The van der Waals surface area contributed by atoms with Crippen molar-refractivity contribution in [3.63, 3.8) is 0 Å². The zero-order chi connectivity index (χ0) is 27.7. The van der Waals surface area contributed by atoms with Gasteiger partial charge in [-0.15, -0.1) is 0 Å². The highest BCUT2D eigenvalue weighted by Crippen LogP contribution is 2.27. The van der Waals surface area contributed by atoms with Crippen molar-refractivity contribution < 1.29 is 14.3 Å². The molecule has 0 aliphatic carbocycles. The fourth-order valence-corrected chi connectivity index (χ4v) is 4.49. The van der Waals surface area contributed by atoms with Crippen molar-refractivity contribution in [2.45, 2.75) is 65.0 Å². The van der Waals surface area contributed by atoms with Crippen LogP contribution >= 0.6 is 11.6 Å². The number of nitrogens with one attached hydrogen (secondary N) is 1. The number of nitrogens with zero attached hydrogens (tertiary/aromatic N) is 1. The van der Waals surface area contributed by atoms with Crippen molar-refractivity contribution in [3.8, 4) is 6.07 Å². The molecule has 1 amide bonds. The Morgan fingerprint density at radius 1 is 0.947 bits per heavy atom. The van der Waals surface area contributed by atoms with Gasteiger partial charge in [0.2, 0.25) is 0 Å². The maximum atomic E-state index is 13.6. The molecular formula is C32H35ClN2O3. The summed E-state index contributed by atoms with van der Waals surface area (Å²) in [6.45, 7) is 7.81. The third-order valence-electron chi connectivity index (χ3n) is 6.29. The van der Waals surface area contributed by atoms with Crippen LogP contribution in [0.1, 0.15) is 62.3 Å². The minimum atomic E-state index is -0.962. The molecule has 3 aromatic carbocycles. The van der Waals surface area contributed by atoms with Gasteiger partial charge >= 0.3 is 5.97 Å². The molecule has 198 valence electrons. The molecule has 3 unspecified atom stereocenters. The first kappa shape index (κ1) is 28.9. The Morgan fingerprint density at radius 3 is 2.24 bits per heavy atom. The molecule has 0 bridgehead atoms. The van der Waals surface area contributed by atoms with Gasteiger partial charge in [0.1, 0.15) is 0 Å². The van der Waals surface area contributed by atoms with E-state index in [-0.39, 0.29) is 36.1 Å². The van der Waals surface area contributed by atoms with E-state index < -0.39 is 12.1 Å². The summed E-state index contributed by atoms with van der Waals surface area (Å²) in [6, 6.07) is 26.5. The van der Waals surface area contributed by atoms with Gasteiger partial charge in [-0.05, 0) is 59.7 Å². The highest BCUT2D eigenvalue weighted by atomic mass is 35.5. The molecule has 0 aliphatic rings. The zero-order valence-corrected chi connectivity index (χ0v) is 23.2. The van der Waals surface area contributed by atoms with Crippen LogP contribution in [-0.4, -0.2) is 24.0 Å². The Kier molecular flexibility index (Phi) is 10.1. The van der Waals surface area contributed by atoms with E-state index in [0.29, 0.717) is 17.0 Å². The minimum Gasteiger partial charge on any atom is -0.452 e. The number of rotatable bonds is 10. The van der Waals surface area contributed by atoms with Gasteiger partial charge in [-0.3, -0.25) is 9.59 Å². The Morgan fingerprint density at radius 2 is 1.61 bits per heavy atom. The average molecular weight is 531 g/mol. The lowest BCUT2D eigenvalue weighted by atomic mass is 9.85. The van der Waals surface area contributed by atoms with E-state index in [9.17, 15) is 14.9 Å². The summed E-state index contributed by atoms with van der Waals surface area (Å²) in [5.41, 5.74) is 3.20. The van der Waals surface area contributed by atoms with Crippen LogP contribution in [0.15, 0.2) is 78.9 Å². The Balaban J connectivity index is 1.85. The lowest BCUT2D eigenvalue weighted by Crippen LogP contribution is -2.45. The van der Waals surface area contributed by atoms with Crippen LogP contribution in [0.4, 0.5) is 0 Å². The molecule has 0 heterocycles. The monoisotopic (exact) mass is 530 g/mol. The van der Waals surface area contributed by atoms with Crippen LogP contribution in [0, 0.1) is 16.7 Å². The molecule has 0 aliphatic heterocycles. The van der Waals surface area contributed by atoms with Gasteiger partial charge in [-0.2, -0.15) is 5.26 Å². The third-order valence-corrected chi connectivity index (χ3v) is 6.54. The number of hydrogen-bond donors (Lipinski definition) is 1. The summed E-state index contributed by atoms with van der Waals surface area (Å²) >= 11 is 6.08. The molecule has 0 radical (unpaired) electrons. The standard InChI is InChI=1S/C32H35ClN2O3/c1-22(28(18-24-13-15-27(33)16-14-24)26-12-8-11-25(17-26)21-34)35-31(37)29(19-23-9-6-5-7-10-23)38-30(36)20-32(2,3)4/h5-17,22,28-29H,18-20H2,1-4H3,(H,35,37). The highest BCUT2D eigenvalue weighted by Gasteiger charge is 2.29. The summed E-state index contributed by atoms with van der Waals surface area (Å²) < 4.78 is 5.74. The number of halogens is 1. The number of amides is 1. The SMILES string of the molecule is CC(NC(=O)C(Cc1ccccc1)OC(=O)CC(C)(C)C)C(Cc1ccc(Cl)cc1)c1cccc(C#N)c1. The molecule has 38 heavy (non-hydrogen) atoms. The van der Waals surface area contributed by atoms with Gasteiger partial charge in [0.15, 0.2) is 6.10 Å². The van der Waals surface area contributed by atoms with E-state index in [1.807, 2.05) is 100 Å². The van der Waals surface area contributed by atoms with Gasteiger partial charge in [0, 0.05) is 23.4 Å². The van der Waals surface area contributed by atoms with Gasteiger partial charge in [0.05, 0.1) is 18.1 Å². The molecule has 0 fully saturated rings. The fourth-order valence-electron chi connectivity index (χ4n) is 4.36. The molecular weight excluding hydrogens is 496 g/mol. The summed E-state index contributed by atoms with van der Waals surface area (Å²) in [7, 11) is 0. The highest BCUT2D eigenvalue weighted by molar-refractivity contribution is 6.30. The van der Waals surface area contributed by atoms with Gasteiger partial charge in [-0.25, -0.2) is 0 Å². The van der Waals surface area contributed by atoms with E-state index in [1.54, 1.807) is 6.07 Å². The second kappa shape index (κ2) is 13.3. The lowest BCUT2D eigenvalue weighted by Gasteiger charge is -2.28. The van der Waals surface area contributed by atoms with Crippen LogP contribution < -0.4 is 5.32 Å². The molecule has 0 saturated carbocycles. The second-order valence-corrected chi connectivity index (χ2v) is 11.3. The third kappa shape index (κ3) is 9.04. The molecule has 6 heteroatoms. The van der Waals surface area contributed by atoms with Gasteiger partial charge in [0.25, 0.3) is 5.91 Å². The Hall–Kier alpha value is -3.62. The van der Waals surface area contributed by atoms with E-state index in [0.717, 1.165) is 16.7 Å². The van der Waals surface area contributed by atoms with Crippen LogP contribution in [-0.2, 0) is 27.2 Å². The minimum absolute atomic E-state index is 0.129. The van der Waals surface area contributed by atoms with Gasteiger partial charge < -0.3 is 10.1 Å². The van der Waals surface area contributed by atoms with Gasteiger partial charge in [-0.1, -0.05) is 87.0 Å². The van der Waals surface area contributed by atoms with Crippen LogP contribution in [0.2, 0.25) is 5.02 Å². The number of hydrogen-bond acceptors (Lipinski definition) is 4. The molecule has 3 aromatic rings. The predicted molar refractivity (Wildman–Crippen MR) is 151 cm³/mol. The summed E-state index contributed by atoms with van der Waals surface area (Å²) in [4.78, 5) is 26.3. The molecule has 3 atom stereocenters. The quantitative estimate of drug-likeness (QED) is 0.298. The van der Waals surface area contributed by atoms with Crippen molar-refractivity contribution in [1.29, 1.82) is 5.26 Å². The summed E-state index contributed by atoms with van der Waals surface area (Å²) in [5, 5.41) is 13.2. The number of benzene rings is 3. The number of carbonyl (C=O) groups excluding carboxylic acids is 2. The first-order valence-electron chi connectivity index (χ1n) is 12.8. The van der Waals surface area contributed by atoms with Crippen molar-refractivity contribution in [3.05, 3.63) is 106 Å². The largest absolute Gasteiger partial charge is 0.452 e. The maximum absolute atomic E-state index is 13.6. The topological polar surface area (TPSA) is 79.2 Å². The molecule has 0 spiro atoms. The molecule has 0 aromatic heterocycles. The average Bonchev–Trinajstić information content (AvgIpc) is 2.87. The first-order chi connectivity index (χ1) is 18.0. The summed E-state index contributed by atoms with van der Waals surface area (Å²) in [6.07, 6.45) is 0.152. The Labute approximate surface area is 230 Å². The van der Waals surface area contributed by atoms with E-state index in [2.05, 4.69) is 11.4 Å². The molecule has 3 rings (SSSR count). The number of ether oxygens (including phenoxy) is 1. The molecule has 5 nitrogen and oxygen atoms in total. The van der Waals surface area contributed by atoms with E-state index in [1.165, 1.54) is 0 Å². The fraction of sp³-hybridized carbons (Fsp3) is 0.344. The number of nitriles is 1. The smallest absolute Gasteiger partial charge is 0.307 e. The van der Waals surface area contributed by atoms with Crippen molar-refractivity contribution >= 4 is 23.5 Å². The first-order valence-corrected chi connectivity index (χ1v) is 13.2. The Bertz CT molecular complexity index is 1260. The predicted octanol–water partition coefficient (Wildman–Crippen LogP) is 6.63. The number of esters is 1. The molecule has 1 N–H and O–H groups in total. The van der Waals surface area contributed by atoms with Crippen molar-refractivity contribution in [1.82, 2.24) is 5.32 Å².